The molecular weight excluding hydrogens is 180 g/mol. The molecule has 1 aliphatic rings. The molecule has 0 radical (unpaired) electrons. The third kappa shape index (κ3) is 1.15. The van der Waals surface area contributed by atoms with Crippen LogP contribution in [0.4, 0.5) is 11.8 Å². The lowest BCUT2D eigenvalue weighted by atomic mass is 10.4. The molecule has 0 aliphatic heterocycles. The first kappa shape index (κ1) is 7.54. The van der Waals surface area contributed by atoms with Gasteiger partial charge in [-0.15, -0.1) is 0 Å². The summed E-state index contributed by atoms with van der Waals surface area (Å²) in [4.78, 5) is 8.41. The van der Waals surface area contributed by atoms with Crippen LogP contribution in [0.15, 0.2) is 6.20 Å². The topological polar surface area (TPSA) is 92.5 Å². The summed E-state index contributed by atoms with van der Waals surface area (Å²) in [5.41, 5.74) is 6.43. The van der Waals surface area contributed by atoms with E-state index < -0.39 is 0 Å². The van der Waals surface area contributed by atoms with Gasteiger partial charge in [0.2, 0.25) is 5.95 Å². The number of nitrogen functional groups attached to an aromatic ring is 1. The van der Waals surface area contributed by atoms with Crippen molar-refractivity contribution in [3.05, 3.63) is 6.20 Å². The number of nitrogens with two attached hydrogens (primary N) is 1. The number of nitrogens with one attached hydrogen (secondary N) is 2. The third-order valence-electron chi connectivity index (χ3n) is 2.25. The Kier molecular flexibility index (Phi) is 1.38. The van der Waals surface area contributed by atoms with E-state index in [9.17, 15) is 0 Å². The standard InChI is InChI=1S/C8H10N6/c9-6-5-3-10-14-7(5)13-8(12-6)11-4-1-2-4/h3-4H,1-2H2,(H4,9,10,11,12,13,14). The van der Waals surface area contributed by atoms with Crippen molar-refractivity contribution in [3.63, 3.8) is 0 Å². The highest BCUT2D eigenvalue weighted by atomic mass is 15.2. The first-order valence-electron chi connectivity index (χ1n) is 4.56. The number of anilines is 2. The molecule has 0 bridgehead atoms. The van der Waals surface area contributed by atoms with Crippen LogP contribution in [-0.4, -0.2) is 26.2 Å². The van der Waals surface area contributed by atoms with Crippen LogP contribution in [0.2, 0.25) is 0 Å². The van der Waals surface area contributed by atoms with E-state index in [1.807, 2.05) is 0 Å². The van der Waals surface area contributed by atoms with Crippen molar-refractivity contribution in [1.29, 1.82) is 0 Å². The Balaban J connectivity index is 2.06. The van der Waals surface area contributed by atoms with Crippen LogP contribution in [0, 0.1) is 0 Å². The van der Waals surface area contributed by atoms with E-state index in [1.165, 1.54) is 12.8 Å². The van der Waals surface area contributed by atoms with Gasteiger partial charge in [-0.3, -0.25) is 5.10 Å². The second kappa shape index (κ2) is 2.57. The van der Waals surface area contributed by atoms with Gasteiger partial charge in [-0.25, -0.2) is 0 Å². The lowest BCUT2D eigenvalue weighted by molar-refractivity contribution is 1.05. The fraction of sp³-hybridized carbons (Fsp3) is 0.375. The molecule has 1 fully saturated rings. The van der Waals surface area contributed by atoms with Crippen molar-refractivity contribution >= 4 is 22.8 Å². The van der Waals surface area contributed by atoms with Gasteiger partial charge in [-0.1, -0.05) is 0 Å². The summed E-state index contributed by atoms with van der Waals surface area (Å²) in [7, 11) is 0. The van der Waals surface area contributed by atoms with Crippen molar-refractivity contribution < 1.29 is 0 Å². The minimum atomic E-state index is 0.465. The molecule has 3 rings (SSSR count). The zero-order valence-electron chi connectivity index (χ0n) is 7.49. The Morgan fingerprint density at radius 3 is 3.07 bits per heavy atom. The van der Waals surface area contributed by atoms with Gasteiger partial charge in [-0.2, -0.15) is 15.1 Å². The average Bonchev–Trinajstić information content (AvgIpc) is 2.82. The number of aromatic nitrogens is 4. The maximum Gasteiger partial charge on any atom is 0.226 e. The lowest BCUT2D eigenvalue weighted by Gasteiger charge is -2.02. The van der Waals surface area contributed by atoms with E-state index in [2.05, 4.69) is 25.5 Å². The van der Waals surface area contributed by atoms with Crippen molar-refractivity contribution in [3.8, 4) is 0 Å². The molecule has 14 heavy (non-hydrogen) atoms. The van der Waals surface area contributed by atoms with Crippen LogP contribution in [0.5, 0.6) is 0 Å². The van der Waals surface area contributed by atoms with E-state index in [1.54, 1.807) is 6.20 Å². The van der Waals surface area contributed by atoms with Gasteiger partial charge in [0.1, 0.15) is 5.82 Å². The summed E-state index contributed by atoms with van der Waals surface area (Å²) < 4.78 is 0. The van der Waals surface area contributed by atoms with Gasteiger partial charge >= 0.3 is 0 Å². The van der Waals surface area contributed by atoms with Crippen molar-refractivity contribution in [2.45, 2.75) is 18.9 Å². The lowest BCUT2D eigenvalue weighted by Crippen LogP contribution is -2.07. The third-order valence-corrected chi connectivity index (χ3v) is 2.25. The van der Waals surface area contributed by atoms with Crippen LogP contribution < -0.4 is 11.1 Å². The van der Waals surface area contributed by atoms with E-state index in [4.69, 9.17) is 5.73 Å². The molecule has 0 saturated heterocycles. The Morgan fingerprint density at radius 2 is 2.29 bits per heavy atom. The number of aromatic amines is 1. The monoisotopic (exact) mass is 190 g/mol. The van der Waals surface area contributed by atoms with E-state index in [0.717, 1.165) is 5.39 Å². The highest BCUT2D eigenvalue weighted by Gasteiger charge is 2.22. The zero-order chi connectivity index (χ0) is 9.54. The van der Waals surface area contributed by atoms with Gasteiger partial charge in [0, 0.05) is 6.04 Å². The fourth-order valence-electron chi connectivity index (χ4n) is 1.33. The SMILES string of the molecule is Nc1nc(NC2CC2)nc2[nH]ncc12. The highest BCUT2D eigenvalue weighted by Crippen LogP contribution is 2.24. The maximum absolute atomic E-state index is 5.75. The van der Waals surface area contributed by atoms with E-state index >= 15 is 0 Å². The Hall–Kier alpha value is -1.85. The molecule has 0 spiro atoms. The molecule has 0 atom stereocenters. The number of rotatable bonds is 2. The molecule has 0 aromatic carbocycles. The molecule has 2 aromatic rings. The number of fused-ring (bicyclic) bond motifs is 1. The molecule has 4 N–H and O–H groups in total. The van der Waals surface area contributed by atoms with Gasteiger partial charge in [0.25, 0.3) is 0 Å². The quantitative estimate of drug-likeness (QED) is 0.641. The summed E-state index contributed by atoms with van der Waals surface area (Å²) in [5, 5.41) is 10.6. The van der Waals surface area contributed by atoms with Gasteiger partial charge in [0.15, 0.2) is 5.65 Å². The Morgan fingerprint density at radius 1 is 1.43 bits per heavy atom. The summed E-state index contributed by atoms with van der Waals surface area (Å²) >= 11 is 0. The van der Waals surface area contributed by atoms with Crippen LogP contribution in [0.25, 0.3) is 11.0 Å². The summed E-state index contributed by atoms with van der Waals surface area (Å²) in [6, 6.07) is 0.523. The number of hydrogen-bond acceptors (Lipinski definition) is 5. The molecule has 6 nitrogen and oxygen atoms in total. The normalized spacial score (nSPS) is 16.0. The first-order valence-corrected chi connectivity index (χ1v) is 4.56. The van der Waals surface area contributed by atoms with Crippen LogP contribution in [0.3, 0.4) is 0 Å². The van der Waals surface area contributed by atoms with E-state index in [0.29, 0.717) is 23.5 Å². The molecule has 2 heterocycles. The molecule has 2 aromatic heterocycles. The average molecular weight is 190 g/mol. The van der Waals surface area contributed by atoms with Crippen molar-refractivity contribution in [2.24, 2.45) is 0 Å². The predicted molar refractivity (Wildman–Crippen MR) is 52.7 cm³/mol. The van der Waals surface area contributed by atoms with Crippen LogP contribution in [-0.2, 0) is 0 Å². The maximum atomic E-state index is 5.75. The minimum Gasteiger partial charge on any atom is -0.383 e. The fourth-order valence-corrected chi connectivity index (χ4v) is 1.33. The van der Waals surface area contributed by atoms with Crippen LogP contribution in [0.1, 0.15) is 12.8 Å². The molecule has 72 valence electrons. The van der Waals surface area contributed by atoms with E-state index in [-0.39, 0.29) is 0 Å². The zero-order valence-corrected chi connectivity index (χ0v) is 7.49. The summed E-state index contributed by atoms with van der Waals surface area (Å²) in [6.07, 6.45) is 4.00. The minimum absolute atomic E-state index is 0.465. The molecule has 0 unspecified atom stereocenters. The molecule has 1 aliphatic carbocycles. The Labute approximate surface area is 79.9 Å². The first-order chi connectivity index (χ1) is 6.83. The summed E-state index contributed by atoms with van der Waals surface area (Å²) in [6.45, 7) is 0. The Bertz CT molecular complexity index is 472. The van der Waals surface area contributed by atoms with Crippen molar-refractivity contribution in [1.82, 2.24) is 20.2 Å². The largest absolute Gasteiger partial charge is 0.383 e. The molecule has 0 amide bonds. The van der Waals surface area contributed by atoms with Crippen LogP contribution >= 0.6 is 0 Å². The smallest absolute Gasteiger partial charge is 0.226 e. The number of H-pyrrole nitrogens is 1. The number of nitrogens with zero attached hydrogens (tertiary/aromatic N) is 3. The molecule has 6 heteroatoms. The number of hydrogen-bond donors (Lipinski definition) is 3. The second-order valence-electron chi connectivity index (χ2n) is 3.48. The summed E-state index contributed by atoms with van der Waals surface area (Å²) in [5.74, 6) is 1.05. The van der Waals surface area contributed by atoms with Gasteiger partial charge in [-0.05, 0) is 12.8 Å². The van der Waals surface area contributed by atoms with Gasteiger partial charge < -0.3 is 11.1 Å². The second-order valence-corrected chi connectivity index (χ2v) is 3.48. The molecular formula is C8H10N6. The predicted octanol–water partition coefficient (Wildman–Crippen LogP) is 0.509. The molecule has 1 saturated carbocycles. The highest BCUT2D eigenvalue weighted by molar-refractivity contribution is 5.85. The van der Waals surface area contributed by atoms with Crippen molar-refractivity contribution in [2.75, 3.05) is 11.1 Å². The van der Waals surface area contributed by atoms with Gasteiger partial charge in [0.05, 0.1) is 11.6 Å².